The van der Waals surface area contributed by atoms with Gasteiger partial charge in [0.25, 0.3) is 0 Å². The van der Waals surface area contributed by atoms with Crippen LogP contribution in [0.1, 0.15) is 72.1 Å². The number of nitrogens with one attached hydrogen (secondary N) is 2. The van der Waals surface area contributed by atoms with Gasteiger partial charge in [-0.2, -0.15) is 0 Å². The number of hydrogen-bond donors (Lipinski definition) is 2. The number of rotatable bonds is 5. The predicted molar refractivity (Wildman–Crippen MR) is 96.7 cm³/mol. The van der Waals surface area contributed by atoms with Gasteiger partial charge in [0.15, 0.2) is 0 Å². The van der Waals surface area contributed by atoms with Crippen LogP contribution >= 0.6 is 0 Å². The van der Waals surface area contributed by atoms with Crippen molar-refractivity contribution >= 4 is 11.8 Å². The molecule has 1 aliphatic carbocycles. The fourth-order valence-corrected chi connectivity index (χ4v) is 3.93. The van der Waals surface area contributed by atoms with E-state index < -0.39 is 5.41 Å². The van der Waals surface area contributed by atoms with Crippen LogP contribution in [-0.2, 0) is 9.59 Å². The number of hydrogen-bond acceptors (Lipinski definition) is 3. The van der Waals surface area contributed by atoms with Crippen LogP contribution in [0.5, 0.6) is 0 Å². The second-order valence-electron chi connectivity index (χ2n) is 8.54. The molecular weight excluding hydrogens is 302 g/mol. The maximum atomic E-state index is 12.2. The average Bonchev–Trinajstić information content (AvgIpc) is 2.58. The van der Waals surface area contributed by atoms with Gasteiger partial charge in [-0.05, 0) is 38.8 Å². The first-order valence-electron chi connectivity index (χ1n) is 9.64. The van der Waals surface area contributed by atoms with Crippen molar-refractivity contribution in [3.05, 3.63) is 0 Å². The van der Waals surface area contributed by atoms with Gasteiger partial charge in [0, 0.05) is 17.5 Å². The molecule has 2 aliphatic rings. The second kappa shape index (κ2) is 8.32. The lowest BCUT2D eigenvalue weighted by Crippen LogP contribution is -2.58. The number of amides is 2. The van der Waals surface area contributed by atoms with Crippen molar-refractivity contribution < 1.29 is 9.59 Å². The highest BCUT2D eigenvalue weighted by Crippen LogP contribution is 2.35. The zero-order chi connectivity index (χ0) is 17.6. The molecule has 24 heavy (non-hydrogen) atoms. The number of carbonyl (C=O) groups excluding carboxylic acids is 2. The summed E-state index contributed by atoms with van der Waals surface area (Å²) in [6.07, 6.45) is 10.1. The van der Waals surface area contributed by atoms with Gasteiger partial charge in [0.1, 0.15) is 0 Å². The lowest BCUT2D eigenvalue weighted by atomic mass is 9.79. The van der Waals surface area contributed by atoms with Crippen molar-refractivity contribution in [3.8, 4) is 0 Å². The van der Waals surface area contributed by atoms with Gasteiger partial charge < -0.3 is 10.6 Å². The Morgan fingerprint density at radius 3 is 2.08 bits per heavy atom. The zero-order valence-electron chi connectivity index (χ0n) is 15.7. The Balaban J connectivity index is 1.86. The Kier molecular flexibility index (Phi) is 6.67. The Morgan fingerprint density at radius 1 is 0.917 bits per heavy atom. The minimum atomic E-state index is -0.460. The van der Waals surface area contributed by atoms with E-state index in [0.717, 1.165) is 19.6 Å². The minimum Gasteiger partial charge on any atom is -0.353 e. The molecule has 2 fully saturated rings. The molecule has 5 nitrogen and oxygen atoms in total. The fourth-order valence-electron chi connectivity index (χ4n) is 3.93. The molecule has 0 unspecified atom stereocenters. The molecule has 1 aliphatic heterocycles. The summed E-state index contributed by atoms with van der Waals surface area (Å²) < 4.78 is 0. The number of nitrogens with zero attached hydrogens (tertiary/aromatic N) is 1. The van der Waals surface area contributed by atoms with Crippen LogP contribution in [-0.4, -0.2) is 48.4 Å². The summed E-state index contributed by atoms with van der Waals surface area (Å²) in [5.74, 6) is -0.157. The lowest BCUT2D eigenvalue weighted by molar-refractivity contribution is -0.131. The van der Waals surface area contributed by atoms with Crippen LogP contribution in [0.3, 0.4) is 0 Å². The molecule has 2 N–H and O–H groups in total. The molecule has 2 amide bonds. The van der Waals surface area contributed by atoms with E-state index in [1.54, 1.807) is 0 Å². The first-order chi connectivity index (χ1) is 11.3. The van der Waals surface area contributed by atoms with Crippen molar-refractivity contribution in [2.24, 2.45) is 5.41 Å². The minimum absolute atomic E-state index is 0.0745. The van der Waals surface area contributed by atoms with Gasteiger partial charge >= 0.3 is 0 Å². The molecule has 0 aromatic carbocycles. The molecule has 2 rings (SSSR count). The van der Waals surface area contributed by atoms with Crippen molar-refractivity contribution in [1.29, 1.82) is 0 Å². The molecule has 0 aromatic heterocycles. The van der Waals surface area contributed by atoms with E-state index in [-0.39, 0.29) is 23.9 Å². The molecule has 1 saturated heterocycles. The first-order valence-corrected chi connectivity index (χ1v) is 9.64. The van der Waals surface area contributed by atoms with Gasteiger partial charge in [-0.3, -0.25) is 14.5 Å². The van der Waals surface area contributed by atoms with Gasteiger partial charge in [0.2, 0.25) is 11.8 Å². The summed E-state index contributed by atoms with van der Waals surface area (Å²) in [5.41, 5.74) is -0.318. The van der Waals surface area contributed by atoms with Gasteiger partial charge in [-0.25, -0.2) is 0 Å². The summed E-state index contributed by atoms with van der Waals surface area (Å²) in [7, 11) is 0. The van der Waals surface area contributed by atoms with Crippen LogP contribution < -0.4 is 10.6 Å². The zero-order valence-corrected chi connectivity index (χ0v) is 15.7. The molecule has 1 heterocycles. The summed E-state index contributed by atoms with van der Waals surface area (Å²) in [4.78, 5) is 26.7. The predicted octanol–water partition coefficient (Wildman–Crippen LogP) is 2.45. The molecule has 0 spiro atoms. The highest BCUT2D eigenvalue weighted by atomic mass is 16.2. The van der Waals surface area contributed by atoms with Crippen LogP contribution in [0, 0.1) is 5.41 Å². The third-order valence-corrected chi connectivity index (χ3v) is 5.52. The third-order valence-electron chi connectivity index (χ3n) is 5.52. The van der Waals surface area contributed by atoms with E-state index in [1.807, 2.05) is 20.8 Å². The lowest BCUT2D eigenvalue weighted by Gasteiger charge is -2.48. The number of likely N-dealkylation sites (tertiary alicyclic amines) is 1. The normalized spacial score (nSPS) is 22.0. The van der Waals surface area contributed by atoms with Crippen molar-refractivity contribution in [2.75, 3.05) is 26.2 Å². The molecule has 0 bridgehead atoms. The summed E-state index contributed by atoms with van der Waals surface area (Å²) >= 11 is 0. The third kappa shape index (κ3) is 5.20. The fraction of sp³-hybridized carbons (Fsp3) is 0.895. The van der Waals surface area contributed by atoms with E-state index >= 15 is 0 Å². The van der Waals surface area contributed by atoms with E-state index in [4.69, 9.17) is 0 Å². The Labute approximate surface area is 146 Å². The highest BCUT2D eigenvalue weighted by molar-refractivity contribution is 5.87. The molecule has 0 radical (unpaired) electrons. The molecule has 1 saturated carbocycles. The standard InChI is InChI=1S/C19H35N3O2/c1-18(2,3)17(24)20-14-16(23)21-15-19(10-6-4-7-11-19)22-12-8-5-9-13-22/h4-15H2,1-3H3,(H,20,24)(H,21,23). The van der Waals surface area contributed by atoms with Crippen molar-refractivity contribution in [2.45, 2.75) is 77.7 Å². The maximum Gasteiger partial charge on any atom is 0.239 e. The maximum absolute atomic E-state index is 12.2. The first kappa shape index (κ1) is 19.2. The van der Waals surface area contributed by atoms with Gasteiger partial charge in [-0.15, -0.1) is 0 Å². The Hall–Kier alpha value is -1.10. The molecule has 138 valence electrons. The van der Waals surface area contributed by atoms with Crippen molar-refractivity contribution in [1.82, 2.24) is 15.5 Å². The molecular formula is C19H35N3O2. The highest BCUT2D eigenvalue weighted by Gasteiger charge is 2.38. The second-order valence-corrected chi connectivity index (χ2v) is 8.54. The number of carbonyl (C=O) groups is 2. The topological polar surface area (TPSA) is 61.4 Å². The molecule has 0 atom stereocenters. The van der Waals surface area contributed by atoms with E-state index in [2.05, 4.69) is 15.5 Å². The van der Waals surface area contributed by atoms with Crippen molar-refractivity contribution in [3.63, 3.8) is 0 Å². The molecule has 0 aromatic rings. The summed E-state index contributed by atoms with van der Waals surface area (Å²) in [5, 5.41) is 5.84. The smallest absolute Gasteiger partial charge is 0.239 e. The van der Waals surface area contributed by atoms with Crippen LogP contribution in [0.15, 0.2) is 0 Å². The quantitative estimate of drug-likeness (QED) is 0.810. The average molecular weight is 338 g/mol. The van der Waals surface area contributed by atoms with E-state index in [1.165, 1.54) is 51.4 Å². The Bertz CT molecular complexity index is 430. The molecule has 5 heteroatoms. The monoisotopic (exact) mass is 337 g/mol. The van der Waals surface area contributed by atoms with E-state index in [9.17, 15) is 9.59 Å². The van der Waals surface area contributed by atoms with E-state index in [0.29, 0.717) is 0 Å². The largest absolute Gasteiger partial charge is 0.353 e. The van der Waals surface area contributed by atoms with Gasteiger partial charge in [0.05, 0.1) is 6.54 Å². The summed E-state index contributed by atoms with van der Waals surface area (Å²) in [6.45, 7) is 8.69. The van der Waals surface area contributed by atoms with Gasteiger partial charge in [-0.1, -0.05) is 46.5 Å². The Morgan fingerprint density at radius 2 is 1.50 bits per heavy atom. The summed E-state index contributed by atoms with van der Waals surface area (Å²) in [6, 6.07) is 0. The SMILES string of the molecule is CC(C)(C)C(=O)NCC(=O)NCC1(N2CCCCC2)CCCCC1. The van der Waals surface area contributed by atoms with Crippen LogP contribution in [0.4, 0.5) is 0 Å². The van der Waals surface area contributed by atoms with Crippen LogP contribution in [0.2, 0.25) is 0 Å². The van der Waals surface area contributed by atoms with Crippen LogP contribution in [0.25, 0.3) is 0 Å². The number of piperidine rings is 1.